The molecule has 0 saturated carbocycles. The molecule has 2 aromatic carbocycles. The maximum absolute atomic E-state index is 12.7. The summed E-state index contributed by atoms with van der Waals surface area (Å²) < 4.78 is 5.09. The van der Waals surface area contributed by atoms with Crippen molar-refractivity contribution in [2.75, 3.05) is 13.2 Å². The van der Waals surface area contributed by atoms with Crippen LogP contribution in [0.1, 0.15) is 30.1 Å². The van der Waals surface area contributed by atoms with Crippen LogP contribution in [0.2, 0.25) is 0 Å². The Kier molecular flexibility index (Phi) is 4.94. The van der Waals surface area contributed by atoms with Gasteiger partial charge in [0.05, 0.1) is 6.61 Å². The van der Waals surface area contributed by atoms with Crippen molar-refractivity contribution in [3.05, 3.63) is 60.2 Å². The van der Waals surface area contributed by atoms with Gasteiger partial charge in [-0.25, -0.2) is 4.79 Å². The van der Waals surface area contributed by atoms with Crippen LogP contribution in [0.15, 0.2) is 54.6 Å². The van der Waals surface area contributed by atoms with E-state index in [1.165, 1.54) is 0 Å². The van der Waals surface area contributed by atoms with E-state index in [1.807, 2.05) is 54.6 Å². The van der Waals surface area contributed by atoms with Crippen molar-refractivity contribution in [1.29, 1.82) is 0 Å². The Bertz CT molecular complexity index is 709. The quantitative estimate of drug-likeness (QED) is 0.809. The number of carbonyl (C=O) groups is 2. The Morgan fingerprint density at radius 3 is 2.38 bits per heavy atom. The van der Waals surface area contributed by atoms with Gasteiger partial charge in [0, 0.05) is 12.1 Å². The Labute approximate surface area is 142 Å². The molecule has 1 heterocycles. The standard InChI is InChI=1S/C20H21NO3/c1-2-24-20(23)18-9-6-14-21(18)19(22)17-12-10-16(11-13-17)15-7-4-3-5-8-15/h3-5,7-8,10-13,18H,2,6,9,14H2,1H3/t18-/m1/s1. The molecule has 1 fully saturated rings. The summed E-state index contributed by atoms with van der Waals surface area (Å²) in [5.74, 6) is -0.408. The van der Waals surface area contributed by atoms with Crippen LogP contribution in [0.5, 0.6) is 0 Å². The molecular weight excluding hydrogens is 302 g/mol. The van der Waals surface area contributed by atoms with Crippen molar-refractivity contribution >= 4 is 11.9 Å². The van der Waals surface area contributed by atoms with E-state index in [9.17, 15) is 9.59 Å². The number of ether oxygens (including phenoxy) is 1. The first-order valence-electron chi connectivity index (χ1n) is 8.34. The predicted octanol–water partition coefficient (Wildman–Crippen LogP) is 3.52. The maximum atomic E-state index is 12.7. The van der Waals surface area contributed by atoms with Gasteiger partial charge in [-0.3, -0.25) is 4.79 Å². The molecular formula is C20H21NO3. The summed E-state index contributed by atoms with van der Waals surface area (Å²) in [6.07, 6.45) is 1.50. The molecule has 0 unspecified atom stereocenters. The number of nitrogens with zero attached hydrogens (tertiary/aromatic N) is 1. The summed E-state index contributed by atoms with van der Waals surface area (Å²) in [6.45, 7) is 2.72. The highest BCUT2D eigenvalue weighted by Gasteiger charge is 2.35. The van der Waals surface area contributed by atoms with E-state index in [0.29, 0.717) is 25.1 Å². The summed E-state index contributed by atoms with van der Waals surface area (Å²) in [4.78, 5) is 26.4. The fourth-order valence-electron chi connectivity index (χ4n) is 3.09. The van der Waals surface area contributed by atoms with E-state index in [4.69, 9.17) is 4.74 Å². The topological polar surface area (TPSA) is 46.6 Å². The molecule has 0 aliphatic carbocycles. The summed E-state index contributed by atoms with van der Waals surface area (Å²) in [6, 6.07) is 17.1. The van der Waals surface area contributed by atoms with Gasteiger partial charge in [0.25, 0.3) is 5.91 Å². The maximum Gasteiger partial charge on any atom is 0.328 e. The minimum absolute atomic E-state index is 0.106. The number of hydrogen-bond donors (Lipinski definition) is 0. The molecule has 0 bridgehead atoms. The smallest absolute Gasteiger partial charge is 0.328 e. The average Bonchev–Trinajstić information content (AvgIpc) is 3.12. The van der Waals surface area contributed by atoms with E-state index in [1.54, 1.807) is 11.8 Å². The van der Waals surface area contributed by atoms with Crippen molar-refractivity contribution in [2.24, 2.45) is 0 Å². The van der Waals surface area contributed by atoms with Crippen molar-refractivity contribution in [2.45, 2.75) is 25.8 Å². The molecule has 1 atom stereocenters. The number of rotatable bonds is 4. The zero-order valence-corrected chi connectivity index (χ0v) is 13.8. The molecule has 1 aliphatic heterocycles. The van der Waals surface area contributed by atoms with Gasteiger partial charge in [-0.2, -0.15) is 0 Å². The fraction of sp³-hybridized carbons (Fsp3) is 0.300. The minimum atomic E-state index is -0.453. The third-order valence-corrected chi connectivity index (χ3v) is 4.31. The van der Waals surface area contributed by atoms with Gasteiger partial charge in [-0.05, 0) is 43.0 Å². The molecule has 1 saturated heterocycles. The Morgan fingerprint density at radius 2 is 1.71 bits per heavy atom. The molecule has 0 radical (unpaired) electrons. The molecule has 4 heteroatoms. The van der Waals surface area contributed by atoms with Crippen molar-refractivity contribution in [3.8, 4) is 11.1 Å². The van der Waals surface area contributed by atoms with Gasteiger partial charge < -0.3 is 9.64 Å². The van der Waals surface area contributed by atoms with E-state index in [-0.39, 0.29) is 11.9 Å². The van der Waals surface area contributed by atoms with Crippen molar-refractivity contribution in [3.63, 3.8) is 0 Å². The van der Waals surface area contributed by atoms with Gasteiger partial charge in [0.15, 0.2) is 0 Å². The first kappa shape index (κ1) is 16.2. The molecule has 0 aromatic heterocycles. The Hall–Kier alpha value is -2.62. The number of amides is 1. The molecule has 4 nitrogen and oxygen atoms in total. The summed E-state index contributed by atoms with van der Waals surface area (Å²) >= 11 is 0. The Morgan fingerprint density at radius 1 is 1.04 bits per heavy atom. The molecule has 1 aliphatic rings. The monoisotopic (exact) mass is 323 g/mol. The van der Waals surface area contributed by atoms with Gasteiger partial charge >= 0.3 is 5.97 Å². The first-order chi connectivity index (χ1) is 11.7. The van der Waals surface area contributed by atoms with E-state index < -0.39 is 6.04 Å². The van der Waals surface area contributed by atoms with Crippen LogP contribution >= 0.6 is 0 Å². The summed E-state index contributed by atoms with van der Waals surface area (Å²) in [7, 11) is 0. The lowest BCUT2D eigenvalue weighted by Crippen LogP contribution is -2.41. The van der Waals surface area contributed by atoms with E-state index in [0.717, 1.165) is 17.5 Å². The van der Waals surface area contributed by atoms with Crippen LogP contribution in [0.4, 0.5) is 0 Å². The van der Waals surface area contributed by atoms with E-state index in [2.05, 4.69) is 0 Å². The molecule has 24 heavy (non-hydrogen) atoms. The highest BCUT2D eigenvalue weighted by atomic mass is 16.5. The van der Waals surface area contributed by atoms with Crippen molar-refractivity contribution in [1.82, 2.24) is 4.90 Å². The highest BCUT2D eigenvalue weighted by Crippen LogP contribution is 2.23. The van der Waals surface area contributed by atoms with Crippen LogP contribution in [0, 0.1) is 0 Å². The van der Waals surface area contributed by atoms with Crippen LogP contribution in [0.3, 0.4) is 0 Å². The molecule has 0 N–H and O–H groups in total. The van der Waals surface area contributed by atoms with E-state index >= 15 is 0 Å². The highest BCUT2D eigenvalue weighted by molar-refractivity contribution is 5.97. The molecule has 1 amide bonds. The molecule has 3 rings (SSSR count). The number of benzene rings is 2. The lowest BCUT2D eigenvalue weighted by molar-refractivity contribution is -0.147. The van der Waals surface area contributed by atoms with Crippen LogP contribution in [0.25, 0.3) is 11.1 Å². The number of carbonyl (C=O) groups excluding carboxylic acids is 2. The predicted molar refractivity (Wildman–Crippen MR) is 92.6 cm³/mol. The lowest BCUT2D eigenvalue weighted by Gasteiger charge is -2.23. The summed E-state index contributed by atoms with van der Waals surface area (Å²) in [5.41, 5.74) is 2.78. The zero-order chi connectivity index (χ0) is 16.9. The first-order valence-corrected chi connectivity index (χ1v) is 8.34. The minimum Gasteiger partial charge on any atom is -0.464 e. The third kappa shape index (κ3) is 3.32. The van der Waals surface area contributed by atoms with Gasteiger partial charge in [0.1, 0.15) is 6.04 Å². The fourth-order valence-corrected chi connectivity index (χ4v) is 3.09. The van der Waals surface area contributed by atoms with Crippen LogP contribution in [-0.4, -0.2) is 36.0 Å². The number of likely N-dealkylation sites (tertiary alicyclic amines) is 1. The van der Waals surface area contributed by atoms with Gasteiger partial charge in [-0.15, -0.1) is 0 Å². The van der Waals surface area contributed by atoms with Crippen molar-refractivity contribution < 1.29 is 14.3 Å². The van der Waals surface area contributed by atoms with Crippen LogP contribution < -0.4 is 0 Å². The third-order valence-electron chi connectivity index (χ3n) is 4.31. The second kappa shape index (κ2) is 7.30. The average molecular weight is 323 g/mol. The zero-order valence-electron chi connectivity index (χ0n) is 13.8. The largest absolute Gasteiger partial charge is 0.464 e. The molecule has 2 aromatic rings. The van der Waals surface area contributed by atoms with Gasteiger partial charge in [-0.1, -0.05) is 42.5 Å². The summed E-state index contributed by atoms with van der Waals surface area (Å²) in [5, 5.41) is 0. The molecule has 0 spiro atoms. The Balaban J connectivity index is 1.76. The van der Waals surface area contributed by atoms with Crippen LogP contribution in [-0.2, 0) is 9.53 Å². The SMILES string of the molecule is CCOC(=O)[C@H]1CCCN1C(=O)c1ccc(-c2ccccc2)cc1. The number of esters is 1. The number of hydrogen-bond acceptors (Lipinski definition) is 3. The molecule has 124 valence electrons. The second-order valence-corrected chi connectivity index (χ2v) is 5.85. The second-order valence-electron chi connectivity index (χ2n) is 5.85. The normalized spacial score (nSPS) is 16.9. The van der Waals surface area contributed by atoms with Gasteiger partial charge in [0.2, 0.25) is 0 Å². The lowest BCUT2D eigenvalue weighted by atomic mass is 10.0.